The summed E-state index contributed by atoms with van der Waals surface area (Å²) in [6.07, 6.45) is 0. The third kappa shape index (κ3) is 4.92. The van der Waals surface area contributed by atoms with Gasteiger partial charge in [0.25, 0.3) is 15.9 Å². The van der Waals surface area contributed by atoms with Crippen molar-refractivity contribution >= 4 is 50.3 Å². The van der Waals surface area contributed by atoms with Crippen LogP contribution in [-0.4, -0.2) is 14.3 Å². The van der Waals surface area contributed by atoms with E-state index in [0.717, 1.165) is 16.9 Å². The van der Waals surface area contributed by atoms with E-state index in [2.05, 4.69) is 22.2 Å². The molecule has 9 heteroatoms. The average molecular weight is 434 g/mol. The topological polar surface area (TPSA) is 87.3 Å². The van der Waals surface area contributed by atoms with Crippen molar-refractivity contribution in [1.29, 1.82) is 0 Å². The zero-order valence-electron chi connectivity index (χ0n) is 14.5. The predicted octanol–water partition coefficient (Wildman–Crippen LogP) is 4.11. The molecule has 0 spiro atoms. The SMILES string of the molecule is C=C(NNC(=O)c1ccc(NS(=O)(=O)c2cccs2)cc1)c1ccc(Cl)cc1. The largest absolute Gasteiger partial charge is 0.298 e. The molecule has 0 atom stereocenters. The minimum absolute atomic E-state index is 0.222. The van der Waals surface area contributed by atoms with E-state index in [1.807, 2.05) is 0 Å². The lowest BCUT2D eigenvalue weighted by Crippen LogP contribution is -2.35. The maximum atomic E-state index is 12.2. The molecular formula is C19H16ClN3O3S2. The minimum atomic E-state index is -3.62. The molecule has 28 heavy (non-hydrogen) atoms. The molecule has 0 unspecified atom stereocenters. The smallest absolute Gasteiger partial charge is 0.271 e. The second kappa shape index (κ2) is 8.47. The van der Waals surface area contributed by atoms with Crippen LogP contribution in [0.3, 0.4) is 0 Å². The minimum Gasteiger partial charge on any atom is -0.298 e. The summed E-state index contributed by atoms with van der Waals surface area (Å²) in [6, 6.07) is 16.3. The van der Waals surface area contributed by atoms with Crippen molar-refractivity contribution in [2.45, 2.75) is 4.21 Å². The zero-order valence-corrected chi connectivity index (χ0v) is 16.9. The number of halogens is 1. The van der Waals surface area contributed by atoms with Gasteiger partial charge in [-0.2, -0.15) is 0 Å². The second-order valence-corrected chi connectivity index (χ2v) is 8.97. The van der Waals surface area contributed by atoms with Crippen molar-refractivity contribution in [3.63, 3.8) is 0 Å². The molecule has 3 aromatic rings. The van der Waals surface area contributed by atoms with Gasteiger partial charge in [0.15, 0.2) is 0 Å². The van der Waals surface area contributed by atoms with Crippen LogP contribution < -0.4 is 15.6 Å². The number of hydrazine groups is 1. The van der Waals surface area contributed by atoms with Gasteiger partial charge in [-0.1, -0.05) is 36.4 Å². The number of anilines is 1. The van der Waals surface area contributed by atoms with Crippen molar-refractivity contribution in [1.82, 2.24) is 10.9 Å². The lowest BCUT2D eigenvalue weighted by Gasteiger charge is -2.12. The van der Waals surface area contributed by atoms with Crippen LogP contribution in [0, 0.1) is 0 Å². The summed E-state index contributed by atoms with van der Waals surface area (Å²) in [7, 11) is -3.62. The Morgan fingerprint density at radius 3 is 2.18 bits per heavy atom. The number of carbonyl (C=O) groups is 1. The molecule has 1 heterocycles. The Balaban J connectivity index is 1.59. The van der Waals surface area contributed by atoms with E-state index in [1.165, 1.54) is 30.3 Å². The molecule has 0 bridgehead atoms. The fourth-order valence-electron chi connectivity index (χ4n) is 2.24. The molecule has 3 rings (SSSR count). The Bertz CT molecular complexity index is 1080. The van der Waals surface area contributed by atoms with Crippen LogP contribution in [0.4, 0.5) is 5.69 Å². The maximum Gasteiger partial charge on any atom is 0.271 e. The highest BCUT2D eigenvalue weighted by molar-refractivity contribution is 7.94. The Morgan fingerprint density at radius 2 is 1.57 bits per heavy atom. The molecular weight excluding hydrogens is 418 g/mol. The van der Waals surface area contributed by atoms with E-state index >= 15 is 0 Å². The van der Waals surface area contributed by atoms with Crippen molar-refractivity contribution in [2.75, 3.05) is 4.72 Å². The predicted molar refractivity (Wildman–Crippen MR) is 113 cm³/mol. The highest BCUT2D eigenvalue weighted by Gasteiger charge is 2.15. The van der Waals surface area contributed by atoms with E-state index < -0.39 is 10.0 Å². The van der Waals surface area contributed by atoms with Crippen molar-refractivity contribution in [2.24, 2.45) is 0 Å². The summed E-state index contributed by atoms with van der Waals surface area (Å²) < 4.78 is 27.1. The molecule has 0 saturated heterocycles. The van der Waals surface area contributed by atoms with E-state index in [-0.39, 0.29) is 10.1 Å². The van der Waals surface area contributed by atoms with E-state index in [1.54, 1.807) is 35.7 Å². The highest BCUT2D eigenvalue weighted by Crippen LogP contribution is 2.20. The Hall–Kier alpha value is -2.81. The summed E-state index contributed by atoms with van der Waals surface area (Å²) in [5, 5.41) is 2.29. The molecule has 3 N–H and O–H groups in total. The summed E-state index contributed by atoms with van der Waals surface area (Å²) in [4.78, 5) is 12.2. The number of hydrogen-bond donors (Lipinski definition) is 3. The molecule has 2 aromatic carbocycles. The van der Waals surface area contributed by atoms with E-state index in [4.69, 9.17) is 11.6 Å². The number of rotatable bonds is 7. The standard InChI is InChI=1S/C19H16ClN3O3S2/c1-13(14-4-8-16(20)9-5-14)21-22-19(24)15-6-10-17(11-7-15)23-28(25,26)18-3-2-12-27-18/h2-12,21,23H,1H2,(H,22,24). The van der Waals surface area contributed by atoms with Gasteiger partial charge in [0.1, 0.15) is 4.21 Å². The lowest BCUT2D eigenvalue weighted by molar-refractivity contribution is 0.0942. The monoisotopic (exact) mass is 433 g/mol. The average Bonchev–Trinajstić information content (AvgIpc) is 3.22. The lowest BCUT2D eigenvalue weighted by atomic mass is 10.2. The molecule has 0 saturated carbocycles. The molecule has 0 aliphatic rings. The number of carbonyl (C=O) groups excluding carboxylic acids is 1. The first kappa shape index (κ1) is 19.9. The van der Waals surface area contributed by atoms with Gasteiger partial charge in [-0.25, -0.2) is 8.42 Å². The normalized spacial score (nSPS) is 10.9. The van der Waals surface area contributed by atoms with E-state index in [0.29, 0.717) is 22.0 Å². The molecule has 0 aliphatic carbocycles. The highest BCUT2D eigenvalue weighted by atomic mass is 35.5. The van der Waals surface area contributed by atoms with Crippen molar-refractivity contribution in [3.8, 4) is 0 Å². The first-order valence-corrected chi connectivity index (χ1v) is 10.8. The van der Waals surface area contributed by atoms with Crippen LogP contribution in [-0.2, 0) is 10.0 Å². The summed E-state index contributed by atoms with van der Waals surface area (Å²) in [6.45, 7) is 3.85. The zero-order chi connectivity index (χ0) is 20.1. The first-order chi connectivity index (χ1) is 13.3. The Morgan fingerprint density at radius 1 is 0.929 bits per heavy atom. The second-order valence-electron chi connectivity index (χ2n) is 5.68. The fourth-order valence-corrected chi connectivity index (χ4v) is 4.42. The van der Waals surface area contributed by atoms with Gasteiger partial charge in [0, 0.05) is 16.3 Å². The quantitative estimate of drug-likeness (QED) is 0.489. The summed E-state index contributed by atoms with van der Waals surface area (Å²) in [5.41, 5.74) is 7.29. The van der Waals surface area contributed by atoms with Crippen LogP contribution in [0.25, 0.3) is 5.70 Å². The number of nitrogens with one attached hydrogen (secondary N) is 3. The van der Waals surface area contributed by atoms with Crippen LogP contribution in [0.2, 0.25) is 5.02 Å². The molecule has 0 aliphatic heterocycles. The van der Waals surface area contributed by atoms with Crippen molar-refractivity contribution in [3.05, 3.63) is 88.8 Å². The molecule has 6 nitrogen and oxygen atoms in total. The third-order valence-corrected chi connectivity index (χ3v) is 6.71. The van der Waals surface area contributed by atoms with Gasteiger partial charge in [0.2, 0.25) is 0 Å². The van der Waals surface area contributed by atoms with Crippen LogP contribution in [0.5, 0.6) is 0 Å². The van der Waals surface area contributed by atoms with Gasteiger partial charge in [-0.3, -0.25) is 20.4 Å². The molecule has 0 fully saturated rings. The molecule has 0 radical (unpaired) electrons. The van der Waals surface area contributed by atoms with Crippen LogP contribution >= 0.6 is 22.9 Å². The number of sulfonamides is 1. The van der Waals surface area contributed by atoms with Gasteiger partial charge in [0.05, 0.1) is 5.70 Å². The first-order valence-electron chi connectivity index (χ1n) is 8.03. The maximum absolute atomic E-state index is 12.2. The van der Waals surface area contributed by atoms with Crippen molar-refractivity contribution < 1.29 is 13.2 Å². The Labute approximate surface area is 171 Å². The Kier molecular flexibility index (Phi) is 6.03. The van der Waals surface area contributed by atoms with E-state index in [9.17, 15) is 13.2 Å². The summed E-state index contributed by atoms with van der Waals surface area (Å²) in [5.74, 6) is -0.386. The van der Waals surface area contributed by atoms with Gasteiger partial charge in [-0.15, -0.1) is 11.3 Å². The van der Waals surface area contributed by atoms with Crippen LogP contribution in [0.15, 0.2) is 76.8 Å². The molecule has 1 amide bonds. The number of thiophene rings is 1. The summed E-state index contributed by atoms with van der Waals surface area (Å²) >= 11 is 6.97. The van der Waals surface area contributed by atoms with Gasteiger partial charge in [-0.05, 0) is 53.4 Å². The number of amides is 1. The fraction of sp³-hybridized carbons (Fsp3) is 0. The van der Waals surface area contributed by atoms with Gasteiger partial charge >= 0.3 is 0 Å². The number of hydrogen-bond acceptors (Lipinski definition) is 5. The number of benzene rings is 2. The third-order valence-electron chi connectivity index (χ3n) is 3.68. The van der Waals surface area contributed by atoms with Crippen LogP contribution in [0.1, 0.15) is 15.9 Å². The molecule has 144 valence electrons. The molecule has 1 aromatic heterocycles. The van der Waals surface area contributed by atoms with Gasteiger partial charge < -0.3 is 0 Å².